The fourth-order valence-electron chi connectivity index (χ4n) is 1.78. The fraction of sp³-hybridized carbons (Fsp3) is 0.308. The highest BCUT2D eigenvalue weighted by molar-refractivity contribution is 5.92. The molecule has 98 valence electrons. The normalized spacial score (nSPS) is 12.1. The average Bonchev–Trinajstić information content (AvgIpc) is 2.44. The first-order valence-corrected chi connectivity index (χ1v) is 5.82. The Labute approximate surface area is 110 Å². The zero-order chi connectivity index (χ0) is 13.7. The number of methoxy groups -OCH3 is 1. The van der Waals surface area contributed by atoms with E-state index >= 15 is 0 Å². The third-order valence-corrected chi connectivity index (χ3v) is 2.65. The molecule has 2 aromatic rings. The van der Waals surface area contributed by atoms with Crippen LogP contribution in [-0.4, -0.2) is 41.7 Å². The topological polar surface area (TPSA) is 91.1 Å². The molecule has 0 saturated carbocycles. The van der Waals surface area contributed by atoms with Crippen LogP contribution in [0.2, 0.25) is 0 Å². The Hall–Kier alpha value is -2.23. The van der Waals surface area contributed by atoms with Crippen LogP contribution in [0.5, 0.6) is 0 Å². The molecule has 2 N–H and O–H groups in total. The van der Waals surface area contributed by atoms with Crippen molar-refractivity contribution in [3.63, 3.8) is 0 Å². The minimum absolute atomic E-state index is 0.211. The number of aromatic nitrogens is 2. The minimum Gasteiger partial charge on any atom is -0.389 e. The number of nitrogens with zero attached hydrogens (tertiary/aromatic N) is 3. The lowest BCUT2D eigenvalue weighted by Crippen LogP contribution is -2.24. The van der Waals surface area contributed by atoms with Gasteiger partial charge in [-0.05, 0) is 6.07 Å². The minimum atomic E-state index is -0.650. The lowest BCUT2D eigenvalue weighted by atomic mass is 10.1. The molecule has 0 aliphatic heterocycles. The molecular weight excluding hydrogens is 244 g/mol. The third kappa shape index (κ3) is 2.96. The molecule has 1 heterocycles. The molecule has 0 saturated heterocycles. The van der Waals surface area contributed by atoms with E-state index in [1.165, 1.54) is 7.11 Å². The van der Waals surface area contributed by atoms with Crippen LogP contribution >= 0.6 is 0 Å². The summed E-state index contributed by atoms with van der Waals surface area (Å²) in [7, 11) is 1.52. The number of nitrogens with one attached hydrogen (secondary N) is 1. The molecule has 0 spiro atoms. The molecule has 0 fully saturated rings. The third-order valence-electron chi connectivity index (χ3n) is 2.65. The summed E-state index contributed by atoms with van der Waals surface area (Å²) < 4.78 is 4.85. The largest absolute Gasteiger partial charge is 0.389 e. The maximum absolute atomic E-state index is 9.64. The monoisotopic (exact) mass is 258 g/mol. The van der Waals surface area contributed by atoms with Gasteiger partial charge in [0.25, 0.3) is 0 Å². The Morgan fingerprint density at radius 3 is 2.95 bits per heavy atom. The van der Waals surface area contributed by atoms with Crippen molar-refractivity contribution in [2.75, 3.05) is 25.6 Å². The number of fused-ring (bicyclic) bond motifs is 1. The molecule has 2 rings (SSSR count). The van der Waals surface area contributed by atoms with E-state index in [2.05, 4.69) is 15.5 Å². The molecule has 0 radical (unpaired) electrons. The number of aliphatic hydroxyl groups is 1. The van der Waals surface area contributed by atoms with Crippen molar-refractivity contribution in [3.8, 4) is 6.07 Å². The van der Waals surface area contributed by atoms with Gasteiger partial charge in [-0.1, -0.05) is 18.2 Å². The molecule has 1 aromatic heterocycles. The van der Waals surface area contributed by atoms with Crippen LogP contribution in [0.25, 0.3) is 10.9 Å². The molecular formula is C13H14N4O2. The van der Waals surface area contributed by atoms with Gasteiger partial charge in [-0.3, -0.25) is 0 Å². The Balaban J connectivity index is 2.32. The zero-order valence-corrected chi connectivity index (χ0v) is 10.5. The summed E-state index contributed by atoms with van der Waals surface area (Å²) >= 11 is 0. The van der Waals surface area contributed by atoms with Gasteiger partial charge in [0.05, 0.1) is 23.9 Å². The first kappa shape index (κ1) is 13.2. The highest BCUT2D eigenvalue weighted by Gasteiger charge is 2.11. The lowest BCUT2D eigenvalue weighted by molar-refractivity contribution is 0.0728. The van der Waals surface area contributed by atoms with Crippen LogP contribution in [0.3, 0.4) is 0 Å². The van der Waals surface area contributed by atoms with Crippen molar-refractivity contribution in [1.29, 1.82) is 5.26 Å². The van der Waals surface area contributed by atoms with Crippen LogP contribution < -0.4 is 5.32 Å². The fourth-order valence-corrected chi connectivity index (χ4v) is 1.78. The molecule has 0 bridgehead atoms. The Bertz CT molecular complexity index is 609. The second kappa shape index (κ2) is 6.09. The molecule has 1 unspecified atom stereocenters. The summed E-state index contributed by atoms with van der Waals surface area (Å²) in [5, 5.41) is 30.4. The van der Waals surface area contributed by atoms with E-state index in [0.717, 1.165) is 5.39 Å². The van der Waals surface area contributed by atoms with E-state index in [4.69, 9.17) is 10.00 Å². The van der Waals surface area contributed by atoms with Crippen LogP contribution in [0.1, 0.15) is 5.69 Å². The van der Waals surface area contributed by atoms with Crippen molar-refractivity contribution in [2.45, 2.75) is 6.10 Å². The van der Waals surface area contributed by atoms with Gasteiger partial charge in [0.1, 0.15) is 6.07 Å². The molecule has 1 atom stereocenters. The molecule has 6 nitrogen and oxygen atoms in total. The lowest BCUT2D eigenvalue weighted by Gasteiger charge is -2.13. The highest BCUT2D eigenvalue weighted by Crippen LogP contribution is 2.23. The maximum Gasteiger partial charge on any atom is 0.186 e. The number of anilines is 1. The van der Waals surface area contributed by atoms with E-state index in [1.54, 1.807) is 0 Å². The number of rotatable bonds is 5. The maximum atomic E-state index is 9.64. The van der Waals surface area contributed by atoms with Crippen LogP contribution in [-0.2, 0) is 4.74 Å². The summed E-state index contributed by atoms with van der Waals surface area (Å²) in [4.78, 5) is 0. The SMILES string of the molecule is COCC(O)CNc1c(C#N)nnc2ccccc12. The summed E-state index contributed by atoms with van der Waals surface area (Å²) in [5.41, 5.74) is 1.50. The predicted molar refractivity (Wildman–Crippen MR) is 70.6 cm³/mol. The highest BCUT2D eigenvalue weighted by atomic mass is 16.5. The van der Waals surface area contributed by atoms with Crippen molar-refractivity contribution >= 4 is 16.6 Å². The van der Waals surface area contributed by atoms with Gasteiger partial charge in [-0.15, -0.1) is 10.2 Å². The summed E-state index contributed by atoms with van der Waals surface area (Å²) in [6.45, 7) is 0.504. The zero-order valence-electron chi connectivity index (χ0n) is 10.5. The second-order valence-corrected chi connectivity index (χ2v) is 4.04. The van der Waals surface area contributed by atoms with E-state index in [1.807, 2.05) is 30.3 Å². The predicted octanol–water partition coefficient (Wildman–Crippen LogP) is 0.921. The number of hydrogen-bond donors (Lipinski definition) is 2. The van der Waals surface area contributed by atoms with Crippen molar-refractivity contribution < 1.29 is 9.84 Å². The van der Waals surface area contributed by atoms with E-state index in [0.29, 0.717) is 11.2 Å². The average molecular weight is 258 g/mol. The molecule has 1 aromatic carbocycles. The molecule has 19 heavy (non-hydrogen) atoms. The first-order valence-electron chi connectivity index (χ1n) is 5.82. The number of nitriles is 1. The van der Waals surface area contributed by atoms with Crippen LogP contribution in [0, 0.1) is 11.3 Å². The summed E-state index contributed by atoms with van der Waals surface area (Å²) in [6.07, 6.45) is -0.650. The van der Waals surface area contributed by atoms with E-state index in [-0.39, 0.29) is 18.8 Å². The Kier molecular flexibility index (Phi) is 4.23. The Morgan fingerprint density at radius 2 is 2.21 bits per heavy atom. The van der Waals surface area contributed by atoms with Crippen molar-refractivity contribution in [1.82, 2.24) is 10.2 Å². The van der Waals surface area contributed by atoms with Gasteiger partial charge in [0.15, 0.2) is 5.69 Å². The van der Waals surface area contributed by atoms with Gasteiger partial charge < -0.3 is 15.2 Å². The van der Waals surface area contributed by atoms with Gasteiger partial charge in [0.2, 0.25) is 0 Å². The number of ether oxygens (including phenoxy) is 1. The first-order chi connectivity index (χ1) is 9.26. The van der Waals surface area contributed by atoms with Gasteiger partial charge in [-0.2, -0.15) is 5.26 Å². The number of aliphatic hydroxyl groups excluding tert-OH is 1. The van der Waals surface area contributed by atoms with Gasteiger partial charge in [0, 0.05) is 19.0 Å². The number of benzene rings is 1. The van der Waals surface area contributed by atoms with E-state index in [9.17, 15) is 5.11 Å². The molecule has 6 heteroatoms. The quantitative estimate of drug-likeness (QED) is 0.828. The van der Waals surface area contributed by atoms with Crippen LogP contribution in [0.4, 0.5) is 5.69 Å². The van der Waals surface area contributed by atoms with Gasteiger partial charge in [-0.25, -0.2) is 0 Å². The smallest absolute Gasteiger partial charge is 0.186 e. The number of hydrogen-bond acceptors (Lipinski definition) is 6. The summed E-state index contributed by atoms with van der Waals surface area (Å²) in [6, 6.07) is 9.39. The van der Waals surface area contributed by atoms with Crippen LogP contribution in [0.15, 0.2) is 24.3 Å². The van der Waals surface area contributed by atoms with Gasteiger partial charge >= 0.3 is 0 Å². The standard InChI is InChI=1S/C13H14N4O2/c1-19-8-9(18)7-15-13-10-4-2-3-5-11(10)16-17-12(13)6-14/h2-5,9,18H,7-8H2,1H3,(H,15,16). The Morgan fingerprint density at radius 1 is 1.42 bits per heavy atom. The van der Waals surface area contributed by atoms with Crippen molar-refractivity contribution in [2.24, 2.45) is 0 Å². The molecule has 0 aliphatic carbocycles. The second-order valence-electron chi connectivity index (χ2n) is 4.04. The van der Waals surface area contributed by atoms with E-state index < -0.39 is 6.10 Å². The molecule has 0 amide bonds. The summed E-state index contributed by atoms with van der Waals surface area (Å²) in [5.74, 6) is 0. The molecule has 0 aliphatic rings. The van der Waals surface area contributed by atoms with Crippen molar-refractivity contribution in [3.05, 3.63) is 30.0 Å².